The van der Waals surface area contributed by atoms with Gasteiger partial charge in [0.1, 0.15) is 11.6 Å². The fourth-order valence-corrected chi connectivity index (χ4v) is 1.81. The van der Waals surface area contributed by atoms with Crippen molar-refractivity contribution in [3.8, 4) is 11.5 Å². The van der Waals surface area contributed by atoms with E-state index in [0.717, 1.165) is 12.1 Å². The number of Topliss-reactive ketones (excluding diaryl/α,β-unsaturated/α-hetero) is 1. The minimum atomic E-state index is -0.733. The first kappa shape index (κ1) is 14.6. The van der Waals surface area contributed by atoms with Gasteiger partial charge in [-0.25, -0.2) is 4.39 Å². The number of carbonyl (C=O) groups is 1. The first-order valence-electron chi connectivity index (χ1n) is 6.27. The number of rotatable bonds is 5. The van der Waals surface area contributed by atoms with Crippen LogP contribution < -0.4 is 4.74 Å². The molecule has 2 aromatic rings. The summed E-state index contributed by atoms with van der Waals surface area (Å²) in [4.78, 5) is 22.0. The molecule has 0 bridgehead atoms. The molecular formula is C15H12FNO4. The Morgan fingerprint density at radius 3 is 2.62 bits per heavy atom. The molecule has 108 valence electrons. The molecule has 0 saturated carbocycles. The van der Waals surface area contributed by atoms with E-state index in [1.165, 1.54) is 12.1 Å². The lowest BCUT2D eigenvalue weighted by molar-refractivity contribution is -0.385. The lowest BCUT2D eigenvalue weighted by Gasteiger charge is -2.10. The van der Waals surface area contributed by atoms with Crippen molar-refractivity contribution in [1.29, 1.82) is 0 Å². The Morgan fingerprint density at radius 1 is 1.24 bits per heavy atom. The zero-order chi connectivity index (χ0) is 15.4. The van der Waals surface area contributed by atoms with Crippen LogP contribution in [-0.4, -0.2) is 10.7 Å². The van der Waals surface area contributed by atoms with Gasteiger partial charge in [0.25, 0.3) is 0 Å². The van der Waals surface area contributed by atoms with Crippen molar-refractivity contribution in [2.24, 2.45) is 0 Å². The van der Waals surface area contributed by atoms with Gasteiger partial charge >= 0.3 is 5.69 Å². The standard InChI is InChI=1S/C15H12FNO4/c1-2-13(18)11-5-3-4-6-14(11)21-15-8-7-10(16)9-12(15)17(19)20/h3-9H,2H2,1H3. The number of hydrogen-bond acceptors (Lipinski definition) is 4. The van der Waals surface area contributed by atoms with E-state index in [1.54, 1.807) is 25.1 Å². The Balaban J connectivity index is 2.44. The van der Waals surface area contributed by atoms with Crippen LogP contribution in [0.1, 0.15) is 23.7 Å². The number of ether oxygens (including phenoxy) is 1. The monoisotopic (exact) mass is 289 g/mol. The molecule has 0 saturated heterocycles. The van der Waals surface area contributed by atoms with Crippen LogP contribution in [0, 0.1) is 15.9 Å². The highest BCUT2D eigenvalue weighted by Crippen LogP contribution is 2.33. The van der Waals surface area contributed by atoms with Crippen LogP contribution in [0.15, 0.2) is 42.5 Å². The van der Waals surface area contributed by atoms with Gasteiger partial charge in [-0.05, 0) is 24.3 Å². The summed E-state index contributed by atoms with van der Waals surface area (Å²) in [6.07, 6.45) is 0.284. The second-order valence-electron chi connectivity index (χ2n) is 4.24. The molecule has 21 heavy (non-hydrogen) atoms. The molecule has 0 aliphatic carbocycles. The van der Waals surface area contributed by atoms with Gasteiger partial charge in [-0.15, -0.1) is 0 Å². The van der Waals surface area contributed by atoms with Crippen LogP contribution in [-0.2, 0) is 0 Å². The molecule has 0 N–H and O–H groups in total. The molecule has 0 atom stereocenters. The molecule has 0 spiro atoms. The molecule has 0 unspecified atom stereocenters. The van der Waals surface area contributed by atoms with Crippen molar-refractivity contribution in [2.45, 2.75) is 13.3 Å². The van der Waals surface area contributed by atoms with Crippen LogP contribution in [0.4, 0.5) is 10.1 Å². The van der Waals surface area contributed by atoms with E-state index in [4.69, 9.17) is 4.74 Å². The van der Waals surface area contributed by atoms with Crippen LogP contribution >= 0.6 is 0 Å². The highest BCUT2D eigenvalue weighted by molar-refractivity contribution is 5.98. The Kier molecular flexibility index (Phi) is 4.27. The summed E-state index contributed by atoms with van der Waals surface area (Å²) in [5, 5.41) is 10.9. The van der Waals surface area contributed by atoms with Gasteiger partial charge in [-0.2, -0.15) is 0 Å². The van der Waals surface area contributed by atoms with Crippen molar-refractivity contribution < 1.29 is 18.8 Å². The van der Waals surface area contributed by atoms with Crippen molar-refractivity contribution in [3.63, 3.8) is 0 Å². The second-order valence-corrected chi connectivity index (χ2v) is 4.24. The average Bonchev–Trinajstić information content (AvgIpc) is 2.48. The number of ketones is 1. The maximum atomic E-state index is 13.1. The van der Waals surface area contributed by atoms with Gasteiger partial charge in [0.05, 0.1) is 16.6 Å². The number of nitro groups is 1. The fourth-order valence-electron chi connectivity index (χ4n) is 1.81. The molecule has 2 aromatic carbocycles. The second kappa shape index (κ2) is 6.13. The molecule has 0 aliphatic rings. The van der Waals surface area contributed by atoms with Gasteiger partial charge in [-0.3, -0.25) is 14.9 Å². The maximum Gasteiger partial charge on any atom is 0.314 e. The van der Waals surface area contributed by atoms with Crippen LogP contribution in [0.2, 0.25) is 0 Å². The summed E-state index contributed by atoms with van der Waals surface area (Å²) < 4.78 is 18.5. The van der Waals surface area contributed by atoms with E-state index < -0.39 is 16.4 Å². The summed E-state index contributed by atoms with van der Waals surface area (Å²) in [5.74, 6) is -0.779. The minimum absolute atomic E-state index is 0.113. The first-order valence-corrected chi connectivity index (χ1v) is 6.27. The number of benzene rings is 2. The highest BCUT2D eigenvalue weighted by Gasteiger charge is 2.19. The predicted molar refractivity (Wildman–Crippen MR) is 74.2 cm³/mol. The normalized spacial score (nSPS) is 10.2. The smallest absolute Gasteiger partial charge is 0.314 e. The lowest BCUT2D eigenvalue weighted by Crippen LogP contribution is -2.01. The van der Waals surface area contributed by atoms with E-state index in [0.29, 0.717) is 5.56 Å². The number of hydrogen-bond donors (Lipinski definition) is 0. The summed E-state index contributed by atoms with van der Waals surface area (Å²) in [6.45, 7) is 1.71. The van der Waals surface area contributed by atoms with Crippen molar-refractivity contribution in [3.05, 3.63) is 64.0 Å². The van der Waals surface area contributed by atoms with Gasteiger partial charge in [0.2, 0.25) is 5.75 Å². The summed E-state index contributed by atoms with van der Waals surface area (Å²) in [6, 6.07) is 9.45. The van der Waals surface area contributed by atoms with Gasteiger partial charge in [-0.1, -0.05) is 19.1 Å². The molecule has 5 nitrogen and oxygen atoms in total. The minimum Gasteiger partial charge on any atom is -0.449 e. The largest absolute Gasteiger partial charge is 0.449 e. The van der Waals surface area contributed by atoms with Crippen LogP contribution in [0.25, 0.3) is 0 Å². The number of nitrogens with zero attached hydrogens (tertiary/aromatic N) is 1. The highest BCUT2D eigenvalue weighted by atomic mass is 19.1. The maximum absolute atomic E-state index is 13.1. The Labute approximate surface area is 120 Å². The van der Waals surface area contributed by atoms with E-state index in [-0.39, 0.29) is 23.7 Å². The Hall–Kier alpha value is -2.76. The topological polar surface area (TPSA) is 69.4 Å². The molecule has 0 amide bonds. The predicted octanol–water partition coefficient (Wildman–Crippen LogP) is 4.12. The SMILES string of the molecule is CCC(=O)c1ccccc1Oc1ccc(F)cc1[N+](=O)[O-]. The molecular weight excluding hydrogens is 277 g/mol. The lowest BCUT2D eigenvalue weighted by atomic mass is 10.1. The average molecular weight is 289 g/mol. The van der Waals surface area contributed by atoms with E-state index in [1.807, 2.05) is 0 Å². The van der Waals surface area contributed by atoms with Crippen molar-refractivity contribution in [1.82, 2.24) is 0 Å². The molecule has 6 heteroatoms. The summed E-state index contributed by atoms with van der Waals surface area (Å²) in [5.41, 5.74) is -0.160. The first-order chi connectivity index (χ1) is 10.0. The summed E-state index contributed by atoms with van der Waals surface area (Å²) in [7, 11) is 0. The van der Waals surface area contributed by atoms with E-state index in [9.17, 15) is 19.3 Å². The zero-order valence-electron chi connectivity index (χ0n) is 11.2. The zero-order valence-corrected chi connectivity index (χ0v) is 11.2. The quantitative estimate of drug-likeness (QED) is 0.471. The fraction of sp³-hybridized carbons (Fsp3) is 0.133. The molecule has 2 rings (SSSR count). The van der Waals surface area contributed by atoms with Crippen LogP contribution in [0.3, 0.4) is 0 Å². The third kappa shape index (κ3) is 3.22. The third-order valence-electron chi connectivity index (χ3n) is 2.85. The molecule has 0 aromatic heterocycles. The van der Waals surface area contributed by atoms with E-state index >= 15 is 0 Å². The van der Waals surface area contributed by atoms with Gasteiger partial charge < -0.3 is 4.74 Å². The number of para-hydroxylation sites is 1. The third-order valence-corrected chi connectivity index (χ3v) is 2.85. The molecule has 0 aliphatic heterocycles. The van der Waals surface area contributed by atoms with Crippen molar-refractivity contribution >= 4 is 11.5 Å². The van der Waals surface area contributed by atoms with E-state index in [2.05, 4.69) is 0 Å². The Bertz CT molecular complexity index is 700. The molecule has 0 fully saturated rings. The van der Waals surface area contributed by atoms with Crippen molar-refractivity contribution in [2.75, 3.05) is 0 Å². The molecule has 0 heterocycles. The molecule has 0 radical (unpaired) electrons. The number of halogens is 1. The number of nitro benzene ring substituents is 1. The summed E-state index contributed by atoms with van der Waals surface area (Å²) >= 11 is 0. The number of carbonyl (C=O) groups excluding carboxylic acids is 1. The van der Waals surface area contributed by atoms with Gasteiger partial charge in [0, 0.05) is 6.42 Å². The van der Waals surface area contributed by atoms with Crippen LogP contribution in [0.5, 0.6) is 11.5 Å². The van der Waals surface area contributed by atoms with Gasteiger partial charge in [0.15, 0.2) is 5.78 Å². The Morgan fingerprint density at radius 2 is 1.95 bits per heavy atom.